The molecule has 1 spiro atoms. The number of nitrogens with zero attached hydrogens (tertiary/aromatic N) is 1. The Morgan fingerprint density at radius 1 is 1.29 bits per heavy atom. The van der Waals surface area contributed by atoms with Crippen LogP contribution in [0.4, 0.5) is 4.39 Å². The molecule has 1 unspecified atom stereocenters. The first-order valence-electron chi connectivity index (χ1n) is 8.76. The molecular weight excluding hydrogens is 307 g/mol. The van der Waals surface area contributed by atoms with E-state index in [1.807, 2.05) is 11.6 Å². The van der Waals surface area contributed by atoms with Crippen LogP contribution in [0, 0.1) is 5.82 Å². The van der Waals surface area contributed by atoms with Gasteiger partial charge in [-0.1, -0.05) is 19.3 Å². The van der Waals surface area contributed by atoms with Gasteiger partial charge in [0.2, 0.25) is 0 Å². The predicted octanol–water partition coefficient (Wildman–Crippen LogP) is 3.54. The maximum absolute atomic E-state index is 13.4. The number of nitrogens with one attached hydrogen (secondary N) is 1. The van der Waals surface area contributed by atoms with Crippen molar-refractivity contribution in [1.82, 2.24) is 9.88 Å². The van der Waals surface area contributed by atoms with Crippen LogP contribution < -0.4 is 5.32 Å². The number of aromatic nitrogens is 1. The van der Waals surface area contributed by atoms with Crippen molar-refractivity contribution in [2.24, 2.45) is 7.05 Å². The van der Waals surface area contributed by atoms with Gasteiger partial charge in [0.1, 0.15) is 11.5 Å². The normalized spacial score (nSPS) is 23.0. The lowest BCUT2D eigenvalue weighted by atomic mass is 9.82. The molecule has 4 rings (SSSR count). The summed E-state index contributed by atoms with van der Waals surface area (Å²) < 4.78 is 21.3. The highest BCUT2D eigenvalue weighted by atomic mass is 19.1. The van der Waals surface area contributed by atoms with Gasteiger partial charge in [-0.2, -0.15) is 0 Å². The van der Waals surface area contributed by atoms with Crippen LogP contribution in [0.1, 0.15) is 49.0 Å². The molecule has 24 heavy (non-hydrogen) atoms. The first-order valence-corrected chi connectivity index (χ1v) is 8.76. The molecule has 5 heteroatoms. The molecular formula is C19H23FN2O2. The van der Waals surface area contributed by atoms with E-state index in [-0.39, 0.29) is 23.4 Å². The van der Waals surface area contributed by atoms with Crippen molar-refractivity contribution in [3.8, 4) is 0 Å². The summed E-state index contributed by atoms with van der Waals surface area (Å²) >= 11 is 0. The molecule has 2 heterocycles. The third kappa shape index (κ3) is 2.71. The van der Waals surface area contributed by atoms with E-state index in [0.717, 1.165) is 30.2 Å². The Labute approximate surface area is 141 Å². The van der Waals surface area contributed by atoms with Crippen LogP contribution in [0.5, 0.6) is 0 Å². The minimum atomic E-state index is -0.288. The maximum Gasteiger partial charge on any atom is 0.268 e. The zero-order chi connectivity index (χ0) is 16.7. The van der Waals surface area contributed by atoms with E-state index in [0.29, 0.717) is 12.3 Å². The van der Waals surface area contributed by atoms with Crippen molar-refractivity contribution in [3.63, 3.8) is 0 Å². The third-order valence-corrected chi connectivity index (χ3v) is 5.55. The minimum Gasteiger partial charge on any atom is -0.373 e. The van der Waals surface area contributed by atoms with Crippen LogP contribution in [-0.2, 0) is 11.8 Å². The lowest BCUT2D eigenvalue weighted by Crippen LogP contribution is -2.38. The van der Waals surface area contributed by atoms with Crippen LogP contribution in [0.15, 0.2) is 24.3 Å². The SMILES string of the molecule is Cn1c(C(=O)NC2COC3(CCCCC3)C2)cc2cc(F)ccc21. The predicted molar refractivity (Wildman–Crippen MR) is 90.5 cm³/mol. The molecule has 1 aliphatic carbocycles. The molecule has 1 N–H and O–H groups in total. The standard InChI is InChI=1S/C19H23FN2O2/c1-22-16-6-5-14(20)9-13(16)10-17(22)18(23)21-15-11-19(24-12-15)7-3-2-4-8-19/h5-6,9-10,15H,2-4,7-8,11-12H2,1H3,(H,21,23). The van der Waals surface area contributed by atoms with E-state index in [2.05, 4.69) is 5.32 Å². The third-order valence-electron chi connectivity index (χ3n) is 5.55. The van der Waals surface area contributed by atoms with Crippen molar-refractivity contribution in [2.45, 2.75) is 50.2 Å². The second kappa shape index (κ2) is 5.88. The van der Waals surface area contributed by atoms with Crippen molar-refractivity contribution in [2.75, 3.05) is 6.61 Å². The Morgan fingerprint density at radius 3 is 2.88 bits per heavy atom. The van der Waals surface area contributed by atoms with Crippen LogP contribution in [-0.4, -0.2) is 28.7 Å². The number of rotatable bonds is 2. The molecule has 1 atom stereocenters. The number of hydrogen-bond acceptors (Lipinski definition) is 2. The number of benzene rings is 1. The summed E-state index contributed by atoms with van der Waals surface area (Å²) in [5, 5.41) is 3.85. The number of amides is 1. The molecule has 128 valence electrons. The summed E-state index contributed by atoms with van der Waals surface area (Å²) in [6.07, 6.45) is 6.83. The Balaban J connectivity index is 1.50. The Morgan fingerprint density at radius 2 is 2.08 bits per heavy atom. The summed E-state index contributed by atoms with van der Waals surface area (Å²) in [5.41, 5.74) is 1.39. The fourth-order valence-corrected chi connectivity index (χ4v) is 4.28. The minimum absolute atomic E-state index is 0.0156. The molecule has 1 aliphatic heterocycles. The van der Waals surface area contributed by atoms with Crippen LogP contribution in [0.3, 0.4) is 0 Å². The Hall–Kier alpha value is -1.88. The van der Waals surface area contributed by atoms with Gasteiger partial charge in [-0.3, -0.25) is 4.79 Å². The largest absolute Gasteiger partial charge is 0.373 e. The van der Waals surface area contributed by atoms with Gasteiger partial charge in [-0.25, -0.2) is 4.39 Å². The van der Waals surface area contributed by atoms with Gasteiger partial charge in [0.05, 0.1) is 18.2 Å². The number of hydrogen-bond donors (Lipinski definition) is 1. The zero-order valence-corrected chi connectivity index (χ0v) is 14.0. The van der Waals surface area contributed by atoms with Gasteiger partial charge in [0.25, 0.3) is 5.91 Å². The Kier molecular flexibility index (Phi) is 3.83. The lowest BCUT2D eigenvalue weighted by Gasteiger charge is -2.32. The molecule has 2 fully saturated rings. The highest BCUT2D eigenvalue weighted by Gasteiger charge is 2.41. The van der Waals surface area contributed by atoms with Gasteiger partial charge in [0.15, 0.2) is 0 Å². The summed E-state index contributed by atoms with van der Waals surface area (Å²) in [4.78, 5) is 12.7. The molecule has 2 aromatic rings. The topological polar surface area (TPSA) is 43.3 Å². The lowest BCUT2D eigenvalue weighted by molar-refractivity contribution is -0.0246. The smallest absolute Gasteiger partial charge is 0.268 e. The van der Waals surface area contributed by atoms with E-state index < -0.39 is 0 Å². The van der Waals surface area contributed by atoms with E-state index in [9.17, 15) is 9.18 Å². The average molecular weight is 330 g/mol. The molecule has 4 nitrogen and oxygen atoms in total. The first-order chi connectivity index (χ1) is 11.6. The van der Waals surface area contributed by atoms with Crippen LogP contribution in [0.2, 0.25) is 0 Å². The summed E-state index contributed by atoms with van der Waals surface area (Å²) in [7, 11) is 1.84. The average Bonchev–Trinajstić information content (AvgIpc) is 3.09. The number of fused-ring (bicyclic) bond motifs is 1. The van der Waals surface area contributed by atoms with E-state index in [1.165, 1.54) is 31.4 Å². The summed E-state index contributed by atoms with van der Waals surface area (Å²) in [6.45, 7) is 0.588. The Bertz CT molecular complexity index is 777. The molecule has 0 radical (unpaired) electrons. The second-order valence-electron chi connectivity index (χ2n) is 7.22. The highest BCUT2D eigenvalue weighted by Crippen LogP contribution is 2.39. The monoisotopic (exact) mass is 330 g/mol. The van der Waals surface area contributed by atoms with E-state index >= 15 is 0 Å². The van der Waals surface area contributed by atoms with Gasteiger partial charge < -0.3 is 14.6 Å². The number of carbonyl (C=O) groups excluding carboxylic acids is 1. The molecule has 1 aromatic heterocycles. The maximum atomic E-state index is 13.4. The van der Waals surface area contributed by atoms with Gasteiger partial charge >= 0.3 is 0 Å². The fourth-order valence-electron chi connectivity index (χ4n) is 4.28. The summed E-state index contributed by atoms with van der Waals surface area (Å²) in [6, 6.07) is 6.39. The first kappa shape index (κ1) is 15.6. The van der Waals surface area contributed by atoms with Gasteiger partial charge in [-0.05, 0) is 43.5 Å². The van der Waals surface area contributed by atoms with Crippen LogP contribution in [0.25, 0.3) is 10.9 Å². The van der Waals surface area contributed by atoms with Crippen molar-refractivity contribution in [3.05, 3.63) is 35.8 Å². The molecule has 1 saturated heterocycles. The number of halogens is 1. The number of aryl methyl sites for hydroxylation is 1. The fraction of sp³-hybridized carbons (Fsp3) is 0.526. The van der Waals surface area contributed by atoms with E-state index in [1.54, 1.807) is 12.1 Å². The summed E-state index contributed by atoms with van der Waals surface area (Å²) in [5.74, 6) is -0.404. The molecule has 1 amide bonds. The molecule has 0 bridgehead atoms. The van der Waals surface area contributed by atoms with Crippen molar-refractivity contribution < 1.29 is 13.9 Å². The van der Waals surface area contributed by atoms with Gasteiger partial charge in [0, 0.05) is 18.0 Å². The molecule has 1 saturated carbocycles. The van der Waals surface area contributed by atoms with Crippen LogP contribution >= 0.6 is 0 Å². The van der Waals surface area contributed by atoms with Crippen molar-refractivity contribution in [1.29, 1.82) is 0 Å². The highest BCUT2D eigenvalue weighted by molar-refractivity contribution is 5.98. The molecule has 1 aromatic carbocycles. The number of ether oxygens (including phenoxy) is 1. The quantitative estimate of drug-likeness (QED) is 0.915. The zero-order valence-electron chi connectivity index (χ0n) is 14.0. The van der Waals surface area contributed by atoms with Gasteiger partial charge in [-0.15, -0.1) is 0 Å². The van der Waals surface area contributed by atoms with E-state index in [4.69, 9.17) is 4.74 Å². The van der Waals surface area contributed by atoms with Crippen molar-refractivity contribution >= 4 is 16.8 Å². The molecule has 2 aliphatic rings. The second-order valence-corrected chi connectivity index (χ2v) is 7.22. The number of carbonyl (C=O) groups is 1.